The van der Waals surface area contributed by atoms with Crippen LogP contribution in [0.15, 0.2) is 0 Å². The quantitative estimate of drug-likeness (QED) is 0.702. The highest BCUT2D eigenvalue weighted by Crippen LogP contribution is 2.52. The number of rotatable bonds is 2. The van der Waals surface area contributed by atoms with Crippen molar-refractivity contribution in [1.29, 1.82) is 0 Å². The Bertz CT molecular complexity index is 364. The van der Waals surface area contributed by atoms with E-state index in [-0.39, 0.29) is 5.60 Å². The lowest BCUT2D eigenvalue weighted by Crippen LogP contribution is -2.51. The highest BCUT2D eigenvalue weighted by Gasteiger charge is 2.58. The van der Waals surface area contributed by atoms with Gasteiger partial charge in [0.25, 0.3) is 0 Å². The van der Waals surface area contributed by atoms with Crippen molar-refractivity contribution in [2.45, 2.75) is 69.9 Å². The third-order valence-corrected chi connectivity index (χ3v) is 5.34. The van der Waals surface area contributed by atoms with E-state index in [1.165, 1.54) is 0 Å². The van der Waals surface area contributed by atoms with Crippen molar-refractivity contribution in [3.05, 3.63) is 11.4 Å². The van der Waals surface area contributed by atoms with E-state index in [4.69, 9.17) is 16.0 Å². The molecule has 3 heteroatoms. The summed E-state index contributed by atoms with van der Waals surface area (Å²) >= 11 is 0. The zero-order chi connectivity index (χ0) is 12.8. The van der Waals surface area contributed by atoms with Gasteiger partial charge in [-0.15, -0.1) is 0 Å². The molecule has 100 valence electrons. The molecule has 18 heavy (non-hydrogen) atoms. The van der Waals surface area contributed by atoms with Crippen LogP contribution in [0.1, 0.15) is 46.0 Å². The SMILES string of the molecule is [C-]#[N+]CC[C@H]1CC[C@@H]2O[C@H]3C[C@]2(C[C@@H](C)[C@H]3C)O1. The van der Waals surface area contributed by atoms with Gasteiger partial charge < -0.3 is 14.3 Å². The van der Waals surface area contributed by atoms with Crippen LogP contribution in [-0.4, -0.2) is 30.5 Å². The average Bonchev–Trinajstić information content (AvgIpc) is 2.68. The number of ether oxygens (including phenoxy) is 2. The van der Waals surface area contributed by atoms with Gasteiger partial charge in [0.15, 0.2) is 0 Å². The van der Waals surface area contributed by atoms with Crippen molar-refractivity contribution in [2.24, 2.45) is 11.8 Å². The smallest absolute Gasteiger partial charge is 0.217 e. The summed E-state index contributed by atoms with van der Waals surface area (Å²) in [6.07, 6.45) is 6.32. The molecule has 3 fully saturated rings. The third kappa shape index (κ3) is 1.87. The number of nitrogens with zero attached hydrogens (tertiary/aromatic N) is 1. The van der Waals surface area contributed by atoms with E-state index in [9.17, 15) is 0 Å². The monoisotopic (exact) mass is 249 g/mol. The van der Waals surface area contributed by atoms with Gasteiger partial charge in [0.05, 0.1) is 23.9 Å². The highest BCUT2D eigenvalue weighted by molar-refractivity contribution is 5.07. The van der Waals surface area contributed by atoms with Crippen LogP contribution < -0.4 is 0 Å². The Morgan fingerprint density at radius 1 is 1.28 bits per heavy atom. The number of hydrogen-bond acceptors (Lipinski definition) is 2. The minimum Gasteiger partial charge on any atom is -0.372 e. The molecule has 1 saturated carbocycles. The Hall–Kier alpha value is -0.590. The van der Waals surface area contributed by atoms with E-state index in [1.54, 1.807) is 0 Å². The normalized spacial score (nSPS) is 50.6. The van der Waals surface area contributed by atoms with E-state index >= 15 is 0 Å². The molecule has 0 aromatic heterocycles. The molecule has 1 aliphatic carbocycles. The third-order valence-electron chi connectivity index (χ3n) is 5.34. The number of fused-ring (bicyclic) bond motifs is 1. The molecule has 0 unspecified atom stereocenters. The molecule has 2 heterocycles. The molecular weight excluding hydrogens is 226 g/mol. The molecule has 2 aliphatic heterocycles. The lowest BCUT2D eigenvalue weighted by molar-refractivity contribution is -0.169. The minimum absolute atomic E-state index is 0.0124. The van der Waals surface area contributed by atoms with Crippen LogP contribution in [0.25, 0.3) is 4.85 Å². The largest absolute Gasteiger partial charge is 0.372 e. The predicted octanol–water partition coefficient (Wildman–Crippen LogP) is 3.05. The van der Waals surface area contributed by atoms with Gasteiger partial charge in [-0.25, -0.2) is 6.57 Å². The minimum atomic E-state index is -0.0124. The second-order valence-corrected chi connectivity index (χ2v) is 6.46. The highest BCUT2D eigenvalue weighted by atomic mass is 16.6. The zero-order valence-corrected chi connectivity index (χ0v) is 11.4. The fraction of sp³-hybridized carbons (Fsp3) is 0.933. The topological polar surface area (TPSA) is 22.8 Å². The van der Waals surface area contributed by atoms with Crippen LogP contribution in [0, 0.1) is 18.4 Å². The van der Waals surface area contributed by atoms with Crippen molar-refractivity contribution in [3.63, 3.8) is 0 Å². The van der Waals surface area contributed by atoms with Crippen molar-refractivity contribution in [1.82, 2.24) is 0 Å². The predicted molar refractivity (Wildman–Crippen MR) is 69.1 cm³/mol. The molecule has 2 bridgehead atoms. The van der Waals surface area contributed by atoms with Crippen LogP contribution in [0.2, 0.25) is 0 Å². The van der Waals surface area contributed by atoms with Gasteiger partial charge >= 0.3 is 0 Å². The first-order valence-electron chi connectivity index (χ1n) is 7.31. The van der Waals surface area contributed by atoms with Gasteiger partial charge in [-0.05, 0) is 31.1 Å². The van der Waals surface area contributed by atoms with E-state index in [1.807, 2.05) is 0 Å². The molecule has 3 aliphatic rings. The van der Waals surface area contributed by atoms with Crippen LogP contribution >= 0.6 is 0 Å². The van der Waals surface area contributed by atoms with Crippen molar-refractivity contribution < 1.29 is 9.47 Å². The second kappa shape index (κ2) is 4.51. The summed E-state index contributed by atoms with van der Waals surface area (Å²) in [7, 11) is 0. The van der Waals surface area contributed by atoms with E-state index < -0.39 is 0 Å². The first kappa shape index (κ1) is 12.4. The van der Waals surface area contributed by atoms with Crippen molar-refractivity contribution >= 4 is 0 Å². The Morgan fingerprint density at radius 3 is 2.89 bits per heavy atom. The van der Waals surface area contributed by atoms with Gasteiger partial charge in [0, 0.05) is 12.8 Å². The van der Waals surface area contributed by atoms with Gasteiger partial charge in [-0.2, -0.15) is 0 Å². The molecule has 1 spiro atoms. The summed E-state index contributed by atoms with van der Waals surface area (Å²) in [4.78, 5) is 3.46. The summed E-state index contributed by atoms with van der Waals surface area (Å²) in [6, 6.07) is 0. The number of hydrogen-bond donors (Lipinski definition) is 0. The van der Waals surface area contributed by atoms with Crippen molar-refractivity contribution in [2.75, 3.05) is 6.54 Å². The van der Waals surface area contributed by atoms with Crippen LogP contribution in [-0.2, 0) is 9.47 Å². The van der Waals surface area contributed by atoms with Crippen molar-refractivity contribution in [3.8, 4) is 0 Å². The van der Waals surface area contributed by atoms with E-state index in [0.29, 0.717) is 36.7 Å². The average molecular weight is 249 g/mol. The van der Waals surface area contributed by atoms with Crippen LogP contribution in [0.5, 0.6) is 0 Å². The molecule has 3 rings (SSSR count). The lowest BCUT2D eigenvalue weighted by atomic mass is 9.70. The maximum absolute atomic E-state index is 6.91. The molecule has 0 N–H and O–H groups in total. The summed E-state index contributed by atoms with van der Waals surface area (Å²) < 4.78 is 12.7. The van der Waals surface area contributed by atoms with Crippen LogP contribution in [0.4, 0.5) is 0 Å². The standard InChI is InChI=1S/C15H23NO2/c1-10-8-15-9-13(11(10)2)17-14(15)5-4-12(18-15)6-7-16-3/h10-14H,4-9H2,1-2H3/t10-,11-,12-,13+,14+,15+/m1/s1. The zero-order valence-electron chi connectivity index (χ0n) is 11.4. The fourth-order valence-electron chi connectivity index (χ4n) is 4.12. The van der Waals surface area contributed by atoms with E-state index in [2.05, 4.69) is 18.7 Å². The molecule has 0 aromatic carbocycles. The Kier molecular flexibility index (Phi) is 3.11. The van der Waals surface area contributed by atoms with Gasteiger partial charge in [0.1, 0.15) is 0 Å². The summed E-state index contributed by atoms with van der Waals surface area (Å²) in [5.74, 6) is 1.35. The summed E-state index contributed by atoms with van der Waals surface area (Å²) in [5, 5.41) is 0. The maximum Gasteiger partial charge on any atom is 0.217 e. The first-order chi connectivity index (χ1) is 8.64. The van der Waals surface area contributed by atoms with Gasteiger partial charge in [0.2, 0.25) is 6.54 Å². The summed E-state index contributed by atoms with van der Waals surface area (Å²) in [5.41, 5.74) is -0.0124. The molecule has 0 radical (unpaired) electrons. The second-order valence-electron chi connectivity index (χ2n) is 6.46. The maximum atomic E-state index is 6.91. The molecule has 6 atom stereocenters. The lowest BCUT2D eigenvalue weighted by Gasteiger charge is -2.45. The molecule has 0 amide bonds. The first-order valence-corrected chi connectivity index (χ1v) is 7.31. The van der Waals surface area contributed by atoms with Gasteiger partial charge in [-0.1, -0.05) is 13.8 Å². The summed E-state index contributed by atoms with van der Waals surface area (Å²) in [6.45, 7) is 12.2. The molecule has 3 nitrogen and oxygen atoms in total. The fourth-order valence-corrected chi connectivity index (χ4v) is 4.12. The Balaban J connectivity index is 1.74. The van der Waals surface area contributed by atoms with Gasteiger partial charge in [-0.3, -0.25) is 0 Å². The Labute approximate surface area is 110 Å². The molecule has 2 saturated heterocycles. The Morgan fingerprint density at radius 2 is 2.11 bits per heavy atom. The molecule has 0 aromatic rings. The van der Waals surface area contributed by atoms with Crippen LogP contribution in [0.3, 0.4) is 0 Å². The molecular formula is C15H23NO2. The van der Waals surface area contributed by atoms with E-state index in [0.717, 1.165) is 32.1 Å².